The van der Waals surface area contributed by atoms with Crippen LogP contribution in [0.4, 0.5) is 0 Å². The maximum Gasteiger partial charge on any atom is 0.177 e. The van der Waals surface area contributed by atoms with Crippen molar-refractivity contribution in [1.29, 1.82) is 0 Å². The van der Waals surface area contributed by atoms with E-state index in [0.717, 1.165) is 28.0 Å². The van der Waals surface area contributed by atoms with Gasteiger partial charge in [0.25, 0.3) is 0 Å². The lowest BCUT2D eigenvalue weighted by Crippen LogP contribution is -1.98. The third-order valence-electron chi connectivity index (χ3n) is 3.11. The van der Waals surface area contributed by atoms with Crippen LogP contribution < -0.4 is 0 Å². The lowest BCUT2D eigenvalue weighted by atomic mass is 10.1. The van der Waals surface area contributed by atoms with E-state index in [1.807, 2.05) is 19.1 Å². The molecular formula is C14H13N3O2S. The second-order valence-electron chi connectivity index (χ2n) is 4.72. The Morgan fingerprint density at radius 3 is 2.60 bits per heavy atom. The molecule has 0 saturated carbocycles. The summed E-state index contributed by atoms with van der Waals surface area (Å²) in [6.07, 6.45) is 4.26. The number of pyridine rings is 2. The van der Waals surface area contributed by atoms with E-state index >= 15 is 0 Å². The van der Waals surface area contributed by atoms with Gasteiger partial charge in [-0.05, 0) is 31.2 Å². The Labute approximate surface area is 116 Å². The van der Waals surface area contributed by atoms with Crippen molar-refractivity contribution in [1.82, 2.24) is 15.0 Å². The molecular weight excluding hydrogens is 274 g/mol. The van der Waals surface area contributed by atoms with Gasteiger partial charge in [-0.3, -0.25) is 4.98 Å². The van der Waals surface area contributed by atoms with E-state index in [1.165, 1.54) is 12.5 Å². The predicted octanol–water partition coefficient (Wildman–Crippen LogP) is 2.34. The highest BCUT2D eigenvalue weighted by molar-refractivity contribution is 7.90. The minimum Gasteiger partial charge on any atom is -0.344 e. The average Bonchev–Trinajstić information content (AvgIpc) is 2.78. The SMILES string of the molecule is Cc1cc2c(-c3ccc(S(C)(=O)=O)cn3)ccnc2[nH]1. The van der Waals surface area contributed by atoms with Crippen LogP contribution in [0.3, 0.4) is 0 Å². The molecule has 0 aliphatic carbocycles. The van der Waals surface area contributed by atoms with Gasteiger partial charge in [0.2, 0.25) is 0 Å². The van der Waals surface area contributed by atoms with Crippen LogP contribution in [0.15, 0.2) is 41.6 Å². The Morgan fingerprint density at radius 1 is 1.15 bits per heavy atom. The Hall–Kier alpha value is -2.21. The molecule has 6 heteroatoms. The minimum atomic E-state index is -3.22. The molecule has 0 spiro atoms. The van der Waals surface area contributed by atoms with Gasteiger partial charge in [0.15, 0.2) is 9.84 Å². The molecule has 0 aromatic carbocycles. The monoisotopic (exact) mass is 287 g/mol. The van der Waals surface area contributed by atoms with Crippen LogP contribution in [0, 0.1) is 6.92 Å². The van der Waals surface area contributed by atoms with Crippen molar-refractivity contribution in [2.45, 2.75) is 11.8 Å². The third-order valence-corrected chi connectivity index (χ3v) is 4.20. The fourth-order valence-corrected chi connectivity index (χ4v) is 2.70. The number of aromatic nitrogens is 3. The zero-order valence-electron chi connectivity index (χ0n) is 11.1. The van der Waals surface area contributed by atoms with Gasteiger partial charge in [-0.25, -0.2) is 13.4 Å². The van der Waals surface area contributed by atoms with Gasteiger partial charge in [0, 0.05) is 35.3 Å². The number of nitrogens with one attached hydrogen (secondary N) is 1. The smallest absolute Gasteiger partial charge is 0.177 e. The molecule has 3 rings (SSSR count). The van der Waals surface area contributed by atoms with E-state index in [2.05, 4.69) is 15.0 Å². The van der Waals surface area contributed by atoms with Crippen molar-refractivity contribution in [3.8, 4) is 11.3 Å². The number of aryl methyl sites for hydroxylation is 1. The fourth-order valence-electron chi connectivity index (χ4n) is 2.14. The average molecular weight is 287 g/mol. The van der Waals surface area contributed by atoms with Crippen molar-refractivity contribution >= 4 is 20.9 Å². The summed E-state index contributed by atoms with van der Waals surface area (Å²) in [6, 6.07) is 7.17. The Bertz CT molecular complexity index is 880. The first kappa shape index (κ1) is 12.8. The second-order valence-corrected chi connectivity index (χ2v) is 6.74. The maximum atomic E-state index is 11.4. The molecule has 3 heterocycles. The van der Waals surface area contributed by atoms with Crippen molar-refractivity contribution in [2.75, 3.05) is 6.26 Å². The second kappa shape index (κ2) is 4.42. The molecule has 0 amide bonds. The zero-order chi connectivity index (χ0) is 14.3. The van der Waals surface area contributed by atoms with Crippen LogP contribution in [-0.2, 0) is 9.84 Å². The highest BCUT2D eigenvalue weighted by atomic mass is 32.2. The van der Waals surface area contributed by atoms with Gasteiger partial charge in [-0.2, -0.15) is 0 Å². The quantitative estimate of drug-likeness (QED) is 0.785. The number of hydrogen-bond donors (Lipinski definition) is 1. The summed E-state index contributed by atoms with van der Waals surface area (Å²) in [5.41, 5.74) is 3.48. The molecule has 0 aliphatic rings. The summed E-state index contributed by atoms with van der Waals surface area (Å²) in [6.45, 7) is 1.96. The van der Waals surface area contributed by atoms with Crippen LogP contribution in [0.25, 0.3) is 22.3 Å². The van der Waals surface area contributed by atoms with Crippen molar-refractivity contribution in [3.63, 3.8) is 0 Å². The molecule has 3 aromatic heterocycles. The summed E-state index contributed by atoms with van der Waals surface area (Å²) in [5.74, 6) is 0. The topological polar surface area (TPSA) is 75.7 Å². The highest BCUT2D eigenvalue weighted by Crippen LogP contribution is 2.26. The van der Waals surface area contributed by atoms with Crippen LogP contribution in [0.2, 0.25) is 0 Å². The minimum absolute atomic E-state index is 0.219. The van der Waals surface area contributed by atoms with Crippen LogP contribution >= 0.6 is 0 Å². The van der Waals surface area contributed by atoms with Crippen LogP contribution in [0.5, 0.6) is 0 Å². The predicted molar refractivity (Wildman–Crippen MR) is 77.2 cm³/mol. The molecule has 20 heavy (non-hydrogen) atoms. The third kappa shape index (κ3) is 2.18. The highest BCUT2D eigenvalue weighted by Gasteiger charge is 2.11. The lowest BCUT2D eigenvalue weighted by molar-refractivity contribution is 0.601. The number of aromatic amines is 1. The molecule has 0 atom stereocenters. The van der Waals surface area contributed by atoms with E-state index < -0.39 is 9.84 Å². The molecule has 3 aromatic rings. The molecule has 102 valence electrons. The summed E-state index contributed by atoms with van der Waals surface area (Å²) < 4.78 is 22.9. The van der Waals surface area contributed by atoms with E-state index in [4.69, 9.17) is 0 Å². The van der Waals surface area contributed by atoms with Gasteiger partial charge in [-0.15, -0.1) is 0 Å². The molecule has 0 fully saturated rings. The number of rotatable bonds is 2. The standard InChI is InChI=1S/C14H13N3O2S/c1-9-7-12-11(5-6-15-14(12)17-9)13-4-3-10(8-16-13)20(2,18)19/h3-8H,1-2H3,(H,15,17). The number of nitrogens with zero attached hydrogens (tertiary/aromatic N) is 2. The molecule has 0 aliphatic heterocycles. The molecule has 0 radical (unpaired) electrons. The first-order valence-electron chi connectivity index (χ1n) is 6.06. The Kier molecular flexibility index (Phi) is 2.83. The van der Waals surface area contributed by atoms with Gasteiger partial charge in [-0.1, -0.05) is 0 Å². The largest absolute Gasteiger partial charge is 0.344 e. The summed E-state index contributed by atoms with van der Waals surface area (Å²) in [4.78, 5) is 11.9. The molecule has 5 nitrogen and oxygen atoms in total. The maximum absolute atomic E-state index is 11.4. The summed E-state index contributed by atoms with van der Waals surface area (Å²) in [5, 5.41) is 0.976. The number of H-pyrrole nitrogens is 1. The van der Waals surface area contributed by atoms with Gasteiger partial charge in [0.1, 0.15) is 5.65 Å². The lowest BCUT2D eigenvalue weighted by Gasteiger charge is -2.03. The number of sulfone groups is 1. The normalized spacial score (nSPS) is 11.9. The molecule has 0 bridgehead atoms. The Morgan fingerprint density at radius 2 is 1.95 bits per heavy atom. The van der Waals surface area contributed by atoms with Gasteiger partial charge < -0.3 is 4.98 Å². The molecule has 1 N–H and O–H groups in total. The van der Waals surface area contributed by atoms with Crippen molar-refractivity contribution in [3.05, 3.63) is 42.4 Å². The van der Waals surface area contributed by atoms with E-state index in [1.54, 1.807) is 18.3 Å². The van der Waals surface area contributed by atoms with E-state index in [-0.39, 0.29) is 4.90 Å². The number of hydrogen-bond acceptors (Lipinski definition) is 4. The van der Waals surface area contributed by atoms with Crippen molar-refractivity contribution < 1.29 is 8.42 Å². The molecule has 0 saturated heterocycles. The van der Waals surface area contributed by atoms with Crippen LogP contribution in [0.1, 0.15) is 5.69 Å². The van der Waals surface area contributed by atoms with Crippen molar-refractivity contribution in [2.24, 2.45) is 0 Å². The summed E-state index contributed by atoms with van der Waals surface area (Å²) >= 11 is 0. The zero-order valence-corrected chi connectivity index (χ0v) is 11.9. The van der Waals surface area contributed by atoms with E-state index in [9.17, 15) is 8.42 Å². The first-order valence-corrected chi connectivity index (χ1v) is 7.95. The summed E-state index contributed by atoms with van der Waals surface area (Å²) in [7, 11) is -3.22. The van der Waals surface area contributed by atoms with E-state index in [0.29, 0.717) is 0 Å². The number of fused-ring (bicyclic) bond motifs is 1. The Balaban J connectivity index is 2.16. The van der Waals surface area contributed by atoms with Crippen LogP contribution in [-0.4, -0.2) is 29.6 Å². The molecule has 0 unspecified atom stereocenters. The van der Waals surface area contributed by atoms with Gasteiger partial charge >= 0.3 is 0 Å². The van der Waals surface area contributed by atoms with Gasteiger partial charge in [0.05, 0.1) is 10.6 Å². The fraction of sp³-hybridized carbons (Fsp3) is 0.143. The first-order chi connectivity index (χ1) is 9.45.